The van der Waals surface area contributed by atoms with Crippen LogP contribution in [0.2, 0.25) is 0 Å². The average Bonchev–Trinajstić information content (AvgIpc) is 3.14. The molecule has 0 aliphatic rings. The van der Waals surface area contributed by atoms with Crippen molar-refractivity contribution in [1.29, 1.82) is 5.41 Å². The van der Waals surface area contributed by atoms with Crippen LogP contribution in [-0.4, -0.2) is 12.8 Å². The molecule has 0 fully saturated rings. The van der Waals surface area contributed by atoms with E-state index >= 15 is 0 Å². The molecule has 0 saturated carbocycles. The van der Waals surface area contributed by atoms with Crippen molar-refractivity contribution in [2.75, 3.05) is 7.11 Å². The van der Waals surface area contributed by atoms with Crippen molar-refractivity contribution in [3.05, 3.63) is 192 Å². The summed E-state index contributed by atoms with van der Waals surface area (Å²) in [7, 11) is 1.72. The maximum absolute atomic E-state index is 9.02. The minimum absolute atomic E-state index is 0.478. The third kappa shape index (κ3) is 6.14. The highest BCUT2D eigenvalue weighted by Gasteiger charge is 2.15. The van der Waals surface area contributed by atoms with Crippen LogP contribution in [0.5, 0.6) is 5.75 Å². The van der Waals surface area contributed by atoms with Gasteiger partial charge in [-0.05, 0) is 86.0 Å². The Morgan fingerprint density at radius 2 is 1.17 bits per heavy atom. The molecular weight excluding hydrogens is 571 g/mol. The van der Waals surface area contributed by atoms with Crippen LogP contribution in [0.3, 0.4) is 0 Å². The molecule has 0 aliphatic carbocycles. The van der Waals surface area contributed by atoms with Gasteiger partial charge in [0.05, 0.1) is 12.8 Å². The number of para-hydroxylation sites is 1. The molecule has 0 heterocycles. The van der Waals surface area contributed by atoms with Crippen molar-refractivity contribution in [2.24, 2.45) is 0 Å². The Hall–Kier alpha value is -5.99. The van der Waals surface area contributed by atoms with Crippen LogP contribution in [0.25, 0.3) is 49.7 Å². The predicted molar refractivity (Wildman–Crippen MR) is 198 cm³/mol. The van der Waals surface area contributed by atoms with E-state index in [1.807, 2.05) is 48.5 Å². The molecule has 0 spiro atoms. The summed E-state index contributed by atoms with van der Waals surface area (Å²) in [6, 6.07) is 57.1. The number of fused-ring (bicyclic) bond motifs is 1. The second kappa shape index (κ2) is 13.2. The van der Waals surface area contributed by atoms with Crippen LogP contribution in [0.15, 0.2) is 170 Å². The van der Waals surface area contributed by atoms with E-state index < -0.39 is 0 Å². The van der Waals surface area contributed by atoms with E-state index in [2.05, 4.69) is 128 Å². The van der Waals surface area contributed by atoms with Gasteiger partial charge in [-0.15, -0.1) is 0 Å². The molecule has 0 atom stereocenters. The van der Waals surface area contributed by atoms with Crippen molar-refractivity contribution >= 4 is 22.1 Å². The van der Waals surface area contributed by atoms with Crippen molar-refractivity contribution in [3.8, 4) is 39.1 Å². The van der Waals surface area contributed by atoms with Crippen molar-refractivity contribution in [2.45, 2.75) is 6.92 Å². The number of aryl methyl sites for hydroxylation is 1. The van der Waals surface area contributed by atoms with Crippen molar-refractivity contribution < 1.29 is 4.74 Å². The number of hydrogen-bond acceptors (Lipinski definition) is 2. The number of rotatable bonds is 8. The molecule has 47 heavy (non-hydrogen) atoms. The van der Waals surface area contributed by atoms with E-state index in [-0.39, 0.29) is 0 Å². The molecule has 0 unspecified atom stereocenters. The minimum Gasteiger partial charge on any atom is -0.496 e. The number of nitrogens with one attached hydrogen (secondary N) is 1. The topological polar surface area (TPSA) is 33.1 Å². The Labute approximate surface area is 276 Å². The van der Waals surface area contributed by atoms with Gasteiger partial charge in [0.1, 0.15) is 5.75 Å². The second-order valence-corrected chi connectivity index (χ2v) is 11.8. The zero-order chi connectivity index (χ0) is 32.2. The molecule has 226 valence electrons. The molecule has 0 aromatic heterocycles. The lowest BCUT2D eigenvalue weighted by Gasteiger charge is -2.16. The van der Waals surface area contributed by atoms with Gasteiger partial charge in [-0.1, -0.05) is 157 Å². The Bertz CT molecular complexity index is 2220. The summed E-state index contributed by atoms with van der Waals surface area (Å²) >= 11 is 0. The van der Waals surface area contributed by atoms with E-state index in [4.69, 9.17) is 10.1 Å². The van der Waals surface area contributed by atoms with E-state index in [0.717, 1.165) is 55.8 Å². The first kappa shape index (κ1) is 29.7. The van der Waals surface area contributed by atoms with Crippen LogP contribution in [0, 0.1) is 12.3 Å². The quantitative estimate of drug-likeness (QED) is 0.172. The lowest BCUT2D eigenvalue weighted by molar-refractivity contribution is 0.416. The van der Waals surface area contributed by atoms with Gasteiger partial charge in [0.2, 0.25) is 0 Å². The Kier molecular flexibility index (Phi) is 8.32. The maximum Gasteiger partial charge on any atom is 0.126 e. The molecule has 2 heteroatoms. The van der Waals surface area contributed by atoms with E-state index in [1.54, 1.807) is 7.11 Å². The number of methoxy groups -OCH3 is 1. The Balaban J connectivity index is 1.35. The van der Waals surface area contributed by atoms with Crippen molar-refractivity contribution in [3.63, 3.8) is 0 Å². The summed E-state index contributed by atoms with van der Waals surface area (Å²) < 4.78 is 5.71. The van der Waals surface area contributed by atoms with Gasteiger partial charge in [-0.2, -0.15) is 0 Å². The molecule has 7 aromatic rings. The fourth-order valence-electron chi connectivity index (χ4n) is 6.27. The first-order chi connectivity index (χ1) is 23.1. The van der Waals surface area contributed by atoms with E-state index in [0.29, 0.717) is 5.71 Å². The van der Waals surface area contributed by atoms with E-state index in [1.165, 1.54) is 21.9 Å². The third-order valence-electron chi connectivity index (χ3n) is 8.76. The molecule has 7 rings (SSSR count). The van der Waals surface area contributed by atoms with Crippen LogP contribution < -0.4 is 4.74 Å². The fourth-order valence-corrected chi connectivity index (χ4v) is 6.27. The molecule has 1 N–H and O–H groups in total. The number of ether oxygens (including phenoxy) is 1. The molecule has 0 saturated heterocycles. The lowest BCUT2D eigenvalue weighted by Crippen LogP contribution is -1.98. The van der Waals surface area contributed by atoms with Gasteiger partial charge in [-0.25, -0.2) is 0 Å². The standard InChI is InChI=1S/C45H35NO/c1-31-19-21-34(22-20-31)42-29-37(40-16-8-9-18-45(40)47-2)27-28-39(42)33-23-25-35(26-24-33)43(30-44(46)36-12-4-3-5-13-36)41-17-10-14-32-11-6-7-15-38(32)41/h3-30,46H,1-2H3/b43-30+,46-44?. The molecule has 0 radical (unpaired) electrons. The Morgan fingerprint density at radius 3 is 1.96 bits per heavy atom. The van der Waals surface area contributed by atoms with Gasteiger partial charge < -0.3 is 10.1 Å². The van der Waals surface area contributed by atoms with Crippen LogP contribution in [-0.2, 0) is 0 Å². The monoisotopic (exact) mass is 605 g/mol. The Morgan fingerprint density at radius 1 is 0.532 bits per heavy atom. The van der Waals surface area contributed by atoms with Crippen molar-refractivity contribution in [1.82, 2.24) is 0 Å². The molecule has 0 bridgehead atoms. The first-order valence-electron chi connectivity index (χ1n) is 15.9. The average molecular weight is 606 g/mol. The molecule has 7 aromatic carbocycles. The fraction of sp³-hybridized carbons (Fsp3) is 0.0444. The highest BCUT2D eigenvalue weighted by atomic mass is 16.5. The van der Waals surface area contributed by atoms with Gasteiger partial charge in [0, 0.05) is 5.56 Å². The number of benzene rings is 7. The summed E-state index contributed by atoms with van der Waals surface area (Å²) in [5.41, 5.74) is 12.6. The molecule has 2 nitrogen and oxygen atoms in total. The van der Waals surface area contributed by atoms with Gasteiger partial charge in [0.25, 0.3) is 0 Å². The second-order valence-electron chi connectivity index (χ2n) is 11.8. The largest absolute Gasteiger partial charge is 0.496 e. The SMILES string of the molecule is COc1ccccc1-c1ccc(-c2ccc(/C(=C\C(=N)c3ccccc3)c3cccc4ccccc34)cc2)c(-c2ccc(C)cc2)c1. The lowest BCUT2D eigenvalue weighted by atomic mass is 9.88. The zero-order valence-electron chi connectivity index (χ0n) is 26.6. The minimum atomic E-state index is 0.478. The summed E-state index contributed by atoms with van der Waals surface area (Å²) in [6.07, 6.45) is 2.01. The maximum atomic E-state index is 9.02. The summed E-state index contributed by atoms with van der Waals surface area (Å²) in [5.74, 6) is 0.855. The van der Waals surface area contributed by atoms with Crippen LogP contribution >= 0.6 is 0 Å². The third-order valence-corrected chi connectivity index (χ3v) is 8.76. The highest BCUT2D eigenvalue weighted by Crippen LogP contribution is 2.39. The number of allylic oxidation sites excluding steroid dienone is 1. The molecule has 0 amide bonds. The number of hydrogen-bond donors (Lipinski definition) is 1. The van der Waals surface area contributed by atoms with Crippen LogP contribution in [0.1, 0.15) is 22.3 Å². The first-order valence-corrected chi connectivity index (χ1v) is 15.9. The van der Waals surface area contributed by atoms with Gasteiger partial charge >= 0.3 is 0 Å². The summed E-state index contributed by atoms with van der Waals surface area (Å²) in [4.78, 5) is 0. The molecule has 0 aliphatic heterocycles. The van der Waals surface area contributed by atoms with Gasteiger partial charge in [0.15, 0.2) is 0 Å². The summed E-state index contributed by atoms with van der Waals surface area (Å²) in [5, 5.41) is 11.4. The zero-order valence-corrected chi connectivity index (χ0v) is 26.6. The van der Waals surface area contributed by atoms with E-state index in [9.17, 15) is 0 Å². The summed E-state index contributed by atoms with van der Waals surface area (Å²) in [6.45, 7) is 2.12. The normalized spacial score (nSPS) is 11.4. The smallest absolute Gasteiger partial charge is 0.126 e. The highest BCUT2D eigenvalue weighted by molar-refractivity contribution is 6.13. The van der Waals surface area contributed by atoms with Gasteiger partial charge in [-0.3, -0.25) is 0 Å². The predicted octanol–water partition coefficient (Wildman–Crippen LogP) is 11.7. The van der Waals surface area contributed by atoms with Crippen LogP contribution in [0.4, 0.5) is 0 Å². The molecular formula is C45H35NO.